The number of carbonyl (C=O) groups is 1. The lowest BCUT2D eigenvalue weighted by atomic mass is 9.84. The van der Waals surface area contributed by atoms with E-state index >= 15 is 0 Å². The Bertz CT molecular complexity index is 3400. The number of phenolic OH excluding ortho intramolecular Hbond substituents is 3. The topological polar surface area (TPSA) is 212 Å². The van der Waals surface area contributed by atoms with Crippen molar-refractivity contribution in [2.45, 2.75) is 130 Å². The molecule has 4 N–H and O–H groups in total. The van der Waals surface area contributed by atoms with Crippen LogP contribution >= 0.6 is 0 Å². The number of aryl methyl sites for hydroxylation is 3. The molecule has 0 bridgehead atoms. The van der Waals surface area contributed by atoms with E-state index in [2.05, 4.69) is 78.2 Å². The van der Waals surface area contributed by atoms with Crippen molar-refractivity contribution < 1.29 is 34.7 Å². The van der Waals surface area contributed by atoms with Crippen molar-refractivity contribution in [2.75, 3.05) is 26.4 Å². The van der Waals surface area contributed by atoms with Gasteiger partial charge in [-0.15, -0.1) is 45.0 Å². The van der Waals surface area contributed by atoms with Crippen LogP contribution in [0.3, 0.4) is 0 Å². The first-order chi connectivity index (χ1) is 36.6. The van der Waals surface area contributed by atoms with Crippen molar-refractivity contribution in [3.05, 3.63) is 143 Å². The number of Topliss-reactive ketones (excluding diaryl/α,β-unsaturated/α-hetero) is 1. The lowest BCUT2D eigenvalue weighted by molar-refractivity contribution is -0.116. The molecule has 16 heteroatoms. The van der Waals surface area contributed by atoms with E-state index in [-0.39, 0.29) is 45.9 Å². The van der Waals surface area contributed by atoms with Crippen LogP contribution in [0, 0.1) is 0 Å². The number of hydrogen-bond donors (Lipinski definition) is 4. The number of aromatic hydroxyl groups is 3. The summed E-state index contributed by atoms with van der Waals surface area (Å²) in [5.74, 6) is 0.767. The smallest absolute Gasteiger partial charge is 0.146 e. The van der Waals surface area contributed by atoms with E-state index in [0.717, 1.165) is 92.4 Å². The van der Waals surface area contributed by atoms with Gasteiger partial charge < -0.3 is 34.7 Å². The number of ether oxygens (including phenoxy) is 2. The van der Waals surface area contributed by atoms with Gasteiger partial charge in [0.15, 0.2) is 0 Å². The average molecular weight is 1040 g/mol. The largest absolute Gasteiger partial charge is 0.505 e. The van der Waals surface area contributed by atoms with Gasteiger partial charge in [-0.25, -0.2) is 0 Å². The molecule has 1 unspecified atom stereocenters. The molecule has 0 radical (unpaired) electrons. The van der Waals surface area contributed by atoms with Crippen molar-refractivity contribution in [1.29, 1.82) is 0 Å². The first-order valence-electron chi connectivity index (χ1n) is 26.4. The van der Waals surface area contributed by atoms with E-state index in [1.54, 1.807) is 11.7 Å². The number of aliphatic hydroxyl groups is 1. The maximum atomic E-state index is 11.4. The summed E-state index contributed by atoms with van der Waals surface area (Å²) < 4.78 is 10.8. The maximum Gasteiger partial charge on any atom is 0.146 e. The third-order valence-corrected chi connectivity index (χ3v) is 13.2. The fraction of sp³-hybridized carbons (Fsp3) is 0.393. The zero-order chi connectivity index (χ0) is 55.2. The summed E-state index contributed by atoms with van der Waals surface area (Å²) in [5, 5.41) is 68.8. The van der Waals surface area contributed by atoms with Crippen LogP contribution in [-0.4, -0.2) is 104 Å². The molecule has 1 atom stereocenters. The monoisotopic (exact) mass is 1040 g/mol. The number of fused-ring (bicyclic) bond motifs is 3. The number of benzene rings is 6. The Kier molecular flexibility index (Phi) is 16.9. The second-order valence-corrected chi connectivity index (χ2v) is 22.9. The second kappa shape index (κ2) is 23.4. The van der Waals surface area contributed by atoms with Gasteiger partial charge in [-0.1, -0.05) is 117 Å². The molecule has 0 amide bonds. The Balaban J connectivity index is 0.000000153. The molecular weight excluding hydrogens is 971 g/mol. The van der Waals surface area contributed by atoms with Crippen LogP contribution in [0.4, 0.5) is 0 Å². The predicted octanol–water partition coefficient (Wildman–Crippen LogP) is 11.1. The summed E-state index contributed by atoms with van der Waals surface area (Å²) in [5.41, 5.74) is 11.6. The number of ketones is 1. The molecule has 4 heterocycles. The Hall–Kier alpha value is -7.53. The number of hydrogen-bond acceptors (Lipinski definition) is 13. The van der Waals surface area contributed by atoms with Gasteiger partial charge in [0, 0.05) is 36.3 Å². The van der Waals surface area contributed by atoms with Crippen molar-refractivity contribution in [3.63, 3.8) is 0 Å². The molecule has 0 saturated carbocycles. The molecule has 1 fully saturated rings. The number of epoxide rings is 1. The lowest BCUT2D eigenvalue weighted by Crippen LogP contribution is -2.14. The lowest BCUT2D eigenvalue weighted by Gasteiger charge is -2.23. The van der Waals surface area contributed by atoms with Crippen molar-refractivity contribution in [2.24, 2.45) is 0 Å². The second-order valence-electron chi connectivity index (χ2n) is 22.9. The molecule has 6 aromatic carbocycles. The van der Waals surface area contributed by atoms with Crippen LogP contribution in [0.5, 0.6) is 17.2 Å². The van der Waals surface area contributed by atoms with Gasteiger partial charge in [0.25, 0.3) is 0 Å². The summed E-state index contributed by atoms with van der Waals surface area (Å²) in [4.78, 5) is 15.9. The summed E-state index contributed by atoms with van der Waals surface area (Å²) in [6.07, 6.45) is 4.61. The molecule has 1 saturated heterocycles. The number of aliphatic hydroxyl groups excluding tert-OH is 1. The Labute approximate surface area is 450 Å². The van der Waals surface area contributed by atoms with E-state index in [1.807, 2.05) is 124 Å². The van der Waals surface area contributed by atoms with Gasteiger partial charge >= 0.3 is 0 Å². The minimum Gasteiger partial charge on any atom is -0.505 e. The van der Waals surface area contributed by atoms with Crippen LogP contribution < -0.4 is 0 Å². The maximum absolute atomic E-state index is 11.4. The van der Waals surface area contributed by atoms with E-state index in [9.17, 15) is 20.1 Å². The molecular formula is C61H73N9O7. The number of nitrogens with zero attached hydrogens (tertiary/aromatic N) is 9. The van der Waals surface area contributed by atoms with Gasteiger partial charge in [0.2, 0.25) is 0 Å². The van der Waals surface area contributed by atoms with Crippen molar-refractivity contribution >= 4 is 38.9 Å². The van der Waals surface area contributed by atoms with E-state index in [0.29, 0.717) is 55.6 Å². The normalized spacial score (nSPS) is 13.6. The molecule has 10 rings (SSSR count). The number of phenols is 3. The van der Waals surface area contributed by atoms with E-state index < -0.39 is 0 Å². The van der Waals surface area contributed by atoms with Crippen LogP contribution in [0.15, 0.2) is 109 Å². The van der Waals surface area contributed by atoms with Crippen LogP contribution in [-0.2, 0) is 49.8 Å². The molecule has 16 nitrogen and oxygen atoms in total. The molecule has 3 aromatic heterocycles. The quantitative estimate of drug-likeness (QED) is 0.0557. The zero-order valence-electron chi connectivity index (χ0n) is 46.1. The minimum absolute atomic E-state index is 0.144. The summed E-state index contributed by atoms with van der Waals surface area (Å²) in [7, 11) is 0. The zero-order valence-corrected chi connectivity index (χ0v) is 46.1. The molecule has 1 aliphatic rings. The highest BCUT2D eigenvalue weighted by Gasteiger charge is 2.27. The highest BCUT2D eigenvalue weighted by molar-refractivity contribution is 5.77. The Morgan fingerprint density at radius 2 is 0.844 bits per heavy atom. The van der Waals surface area contributed by atoms with Crippen molar-refractivity contribution in [1.82, 2.24) is 45.0 Å². The minimum atomic E-state index is -0.238. The van der Waals surface area contributed by atoms with Gasteiger partial charge in [0.05, 0.1) is 13.2 Å². The average Bonchev–Trinajstić information content (AvgIpc) is 3.72. The third-order valence-electron chi connectivity index (χ3n) is 13.2. The van der Waals surface area contributed by atoms with Crippen molar-refractivity contribution in [3.8, 4) is 34.3 Å². The molecule has 9 aromatic rings. The molecule has 77 heavy (non-hydrogen) atoms. The number of aromatic nitrogens is 9. The van der Waals surface area contributed by atoms with Gasteiger partial charge in [-0.3, -0.25) is 0 Å². The molecule has 0 aliphatic carbocycles. The summed E-state index contributed by atoms with van der Waals surface area (Å²) >= 11 is 0. The molecule has 1 aliphatic heterocycles. The fourth-order valence-electron chi connectivity index (χ4n) is 8.90. The predicted molar refractivity (Wildman–Crippen MR) is 301 cm³/mol. The third kappa shape index (κ3) is 13.9. The highest BCUT2D eigenvalue weighted by atomic mass is 16.6. The standard InChI is InChI=1S/C22H27N3O3.C20H23N3O2.C19H23N3O2/c1-22(2,3)17-11-15(7-6-10-27-13-16-14-28-16)12-20(21(17)26)25-23-18-8-4-5-9-19(18)24-25;1-13(24)9-10-14-11-15(20(2,3)4)19(25)18(12-14)23-21-16-7-5-6-8-17(16)22-23;1-19(2,3)14-11-13(7-6-10-23)12-17(18(14)24)22-20-15-8-4-5-9-16(15)21-22/h4-5,8-9,11-12,16,26H,6-7,10,13-14H2,1-3H3;5-8,11-12,25H,9-10H2,1-4H3;4-5,8-9,11-12,23-24H,6-7,10H2,1-3H3. The summed E-state index contributed by atoms with van der Waals surface area (Å²) in [6.45, 7) is 22.6. The molecule has 0 spiro atoms. The van der Waals surface area contributed by atoms with E-state index in [1.165, 1.54) is 9.59 Å². The Morgan fingerprint density at radius 3 is 1.13 bits per heavy atom. The number of rotatable bonds is 15. The molecule has 404 valence electrons. The van der Waals surface area contributed by atoms with Gasteiger partial charge in [-0.2, -0.15) is 0 Å². The van der Waals surface area contributed by atoms with Crippen LogP contribution in [0.25, 0.3) is 50.2 Å². The first-order valence-corrected chi connectivity index (χ1v) is 26.4. The van der Waals surface area contributed by atoms with Crippen LogP contribution in [0.1, 0.15) is 122 Å². The SMILES string of the molecule is CC(=O)CCc1cc(-n2nc3ccccc3n2)c(O)c(C(C)(C)C)c1.CC(C)(C)c1cc(CCCO)cc(-n2nc3ccccc3n2)c1O.CC(C)(C)c1cc(CCCOCC2CO2)cc(-n2nc3ccccc3n2)c1O. The van der Waals surface area contributed by atoms with Gasteiger partial charge in [-0.05, 0) is 127 Å². The Morgan fingerprint density at radius 1 is 0.532 bits per heavy atom. The summed E-state index contributed by atoms with van der Waals surface area (Å²) in [6, 6.07) is 34.8. The first kappa shape index (κ1) is 55.7. The highest BCUT2D eigenvalue weighted by Crippen LogP contribution is 2.39. The number of carbonyl (C=O) groups excluding carboxylic acids is 1. The van der Waals surface area contributed by atoms with Crippen LogP contribution in [0.2, 0.25) is 0 Å². The van der Waals surface area contributed by atoms with E-state index in [4.69, 9.17) is 14.6 Å². The van der Waals surface area contributed by atoms with Gasteiger partial charge in [0.1, 0.15) is 79.3 Å². The fourth-order valence-corrected chi connectivity index (χ4v) is 8.90.